The van der Waals surface area contributed by atoms with Gasteiger partial charge in [0.1, 0.15) is 0 Å². The first-order valence-corrected chi connectivity index (χ1v) is 6.60. The Balaban J connectivity index is 2.50. The second kappa shape index (κ2) is 4.91. The summed E-state index contributed by atoms with van der Waals surface area (Å²) in [6.45, 7) is 9.18. The van der Waals surface area contributed by atoms with Gasteiger partial charge in [0.25, 0.3) is 0 Å². The lowest BCUT2D eigenvalue weighted by molar-refractivity contribution is 0.755. The largest absolute Gasteiger partial charge is 0.0763 e. The van der Waals surface area contributed by atoms with Gasteiger partial charge in [0, 0.05) is 0 Å². The van der Waals surface area contributed by atoms with E-state index in [2.05, 4.69) is 64.1 Å². The second-order valence-corrected chi connectivity index (χ2v) is 5.44. The Morgan fingerprint density at radius 2 is 1.53 bits per heavy atom. The molecule has 1 aliphatic rings. The van der Waals surface area contributed by atoms with Gasteiger partial charge < -0.3 is 0 Å². The summed E-state index contributed by atoms with van der Waals surface area (Å²) in [5.74, 6) is 1.25. The maximum absolute atomic E-state index is 2.42. The van der Waals surface area contributed by atoms with Gasteiger partial charge in [-0.15, -0.1) is 0 Å². The topological polar surface area (TPSA) is 0 Å². The van der Waals surface area contributed by atoms with Crippen LogP contribution in [0.15, 0.2) is 47.6 Å². The summed E-state index contributed by atoms with van der Waals surface area (Å²) in [6, 6.07) is 10.8. The van der Waals surface area contributed by atoms with Crippen molar-refractivity contribution < 1.29 is 0 Å². The molecule has 0 unspecified atom stereocenters. The van der Waals surface area contributed by atoms with Crippen molar-refractivity contribution in [3.63, 3.8) is 0 Å². The molecule has 0 spiro atoms. The minimum Gasteiger partial charge on any atom is -0.0763 e. The SMILES string of the molecule is CC(C)C1=CCC(C(C)C)=C1c1ccccc1. The monoisotopic (exact) mass is 226 g/mol. The molecule has 0 radical (unpaired) electrons. The first-order valence-electron chi connectivity index (χ1n) is 6.60. The summed E-state index contributed by atoms with van der Waals surface area (Å²) in [5, 5.41) is 0. The van der Waals surface area contributed by atoms with Crippen LogP contribution in [0.2, 0.25) is 0 Å². The molecule has 0 heterocycles. The quantitative estimate of drug-likeness (QED) is 0.674. The molecule has 0 aromatic heterocycles. The van der Waals surface area contributed by atoms with Crippen LogP contribution >= 0.6 is 0 Å². The van der Waals surface area contributed by atoms with Gasteiger partial charge in [0.2, 0.25) is 0 Å². The zero-order valence-corrected chi connectivity index (χ0v) is 11.3. The molecule has 0 fully saturated rings. The third-order valence-electron chi connectivity index (χ3n) is 3.53. The number of benzene rings is 1. The summed E-state index contributed by atoms with van der Waals surface area (Å²) in [7, 11) is 0. The van der Waals surface area contributed by atoms with E-state index < -0.39 is 0 Å². The molecular weight excluding hydrogens is 204 g/mol. The summed E-state index contributed by atoms with van der Waals surface area (Å²) < 4.78 is 0. The van der Waals surface area contributed by atoms with E-state index in [0.717, 1.165) is 6.42 Å². The average Bonchev–Trinajstić information content (AvgIpc) is 2.74. The smallest absolute Gasteiger partial charge is 0.0121 e. The van der Waals surface area contributed by atoms with Gasteiger partial charge in [0.15, 0.2) is 0 Å². The molecule has 0 saturated heterocycles. The maximum atomic E-state index is 2.42. The number of rotatable bonds is 3. The van der Waals surface area contributed by atoms with Gasteiger partial charge in [-0.05, 0) is 35.0 Å². The van der Waals surface area contributed by atoms with Gasteiger partial charge in [-0.2, -0.15) is 0 Å². The summed E-state index contributed by atoms with van der Waals surface area (Å²) >= 11 is 0. The van der Waals surface area contributed by atoms with Gasteiger partial charge >= 0.3 is 0 Å². The van der Waals surface area contributed by atoms with E-state index in [4.69, 9.17) is 0 Å². The standard InChI is InChI=1S/C17H22/c1-12(2)15-10-11-16(13(3)4)17(15)14-8-6-5-7-9-14/h5-10,12-13H,11H2,1-4H3. The van der Waals surface area contributed by atoms with Crippen molar-refractivity contribution >= 4 is 5.57 Å². The van der Waals surface area contributed by atoms with Crippen LogP contribution in [0.5, 0.6) is 0 Å². The van der Waals surface area contributed by atoms with E-state index in [1.807, 2.05) is 0 Å². The fourth-order valence-electron chi connectivity index (χ4n) is 2.62. The van der Waals surface area contributed by atoms with Crippen LogP contribution in [-0.2, 0) is 0 Å². The van der Waals surface area contributed by atoms with Crippen LogP contribution in [0.25, 0.3) is 5.57 Å². The summed E-state index contributed by atoms with van der Waals surface area (Å²) in [4.78, 5) is 0. The van der Waals surface area contributed by atoms with E-state index in [-0.39, 0.29) is 0 Å². The van der Waals surface area contributed by atoms with E-state index in [1.54, 1.807) is 5.57 Å². The number of hydrogen-bond donors (Lipinski definition) is 0. The lowest BCUT2D eigenvalue weighted by atomic mass is 9.88. The second-order valence-electron chi connectivity index (χ2n) is 5.44. The minimum atomic E-state index is 0.612. The van der Waals surface area contributed by atoms with E-state index in [0.29, 0.717) is 11.8 Å². The first kappa shape index (κ1) is 12.2. The summed E-state index contributed by atoms with van der Waals surface area (Å²) in [6.07, 6.45) is 3.55. The van der Waals surface area contributed by atoms with Crippen LogP contribution in [0, 0.1) is 11.8 Å². The van der Waals surface area contributed by atoms with Gasteiger partial charge in [-0.3, -0.25) is 0 Å². The average molecular weight is 226 g/mol. The van der Waals surface area contributed by atoms with Crippen molar-refractivity contribution in [3.8, 4) is 0 Å². The third kappa shape index (κ3) is 2.36. The minimum absolute atomic E-state index is 0.612. The molecule has 0 atom stereocenters. The Hall–Kier alpha value is -1.30. The first-order chi connectivity index (χ1) is 8.11. The molecule has 1 aliphatic carbocycles. The number of allylic oxidation sites excluding steroid dienone is 4. The highest BCUT2D eigenvalue weighted by atomic mass is 14.3. The Morgan fingerprint density at radius 3 is 2.06 bits per heavy atom. The van der Waals surface area contributed by atoms with Gasteiger partial charge in [-0.1, -0.05) is 69.7 Å². The predicted octanol–water partition coefficient (Wildman–Crippen LogP) is 5.08. The maximum Gasteiger partial charge on any atom is -0.0121 e. The van der Waals surface area contributed by atoms with E-state index in [1.165, 1.54) is 16.7 Å². The van der Waals surface area contributed by atoms with Crippen molar-refractivity contribution in [2.24, 2.45) is 11.8 Å². The highest BCUT2D eigenvalue weighted by Gasteiger charge is 2.22. The van der Waals surface area contributed by atoms with Crippen molar-refractivity contribution in [2.45, 2.75) is 34.1 Å². The van der Waals surface area contributed by atoms with Crippen LogP contribution < -0.4 is 0 Å². The molecule has 1 aromatic rings. The zero-order valence-electron chi connectivity index (χ0n) is 11.3. The number of hydrogen-bond acceptors (Lipinski definition) is 0. The molecule has 0 aliphatic heterocycles. The molecule has 17 heavy (non-hydrogen) atoms. The molecule has 0 saturated carbocycles. The molecule has 0 bridgehead atoms. The van der Waals surface area contributed by atoms with Crippen molar-refractivity contribution in [1.29, 1.82) is 0 Å². The van der Waals surface area contributed by atoms with Crippen molar-refractivity contribution in [3.05, 3.63) is 53.1 Å². The fraction of sp³-hybridized carbons (Fsp3) is 0.412. The predicted molar refractivity (Wildman–Crippen MR) is 75.7 cm³/mol. The van der Waals surface area contributed by atoms with Crippen molar-refractivity contribution in [2.75, 3.05) is 0 Å². The lowest BCUT2D eigenvalue weighted by Crippen LogP contribution is -1.99. The third-order valence-corrected chi connectivity index (χ3v) is 3.53. The molecule has 0 N–H and O–H groups in total. The fourth-order valence-corrected chi connectivity index (χ4v) is 2.62. The normalized spacial score (nSPS) is 16.0. The van der Waals surface area contributed by atoms with Crippen molar-refractivity contribution in [1.82, 2.24) is 0 Å². The molecule has 2 rings (SSSR count). The van der Waals surface area contributed by atoms with Crippen LogP contribution in [0.3, 0.4) is 0 Å². The molecule has 1 aromatic carbocycles. The molecule has 0 amide bonds. The molecule has 0 heteroatoms. The van der Waals surface area contributed by atoms with E-state index in [9.17, 15) is 0 Å². The molecular formula is C17H22. The Morgan fingerprint density at radius 1 is 0.882 bits per heavy atom. The van der Waals surface area contributed by atoms with Gasteiger partial charge in [-0.25, -0.2) is 0 Å². The van der Waals surface area contributed by atoms with Crippen LogP contribution in [0.4, 0.5) is 0 Å². The summed E-state index contributed by atoms with van der Waals surface area (Å²) in [5.41, 5.74) is 6.02. The van der Waals surface area contributed by atoms with Gasteiger partial charge in [0.05, 0.1) is 0 Å². The molecule has 90 valence electrons. The highest BCUT2D eigenvalue weighted by Crippen LogP contribution is 2.40. The van der Waals surface area contributed by atoms with Crippen LogP contribution in [0.1, 0.15) is 39.7 Å². The zero-order chi connectivity index (χ0) is 12.4. The highest BCUT2D eigenvalue weighted by molar-refractivity contribution is 5.84. The Kier molecular flexibility index (Phi) is 3.51. The Labute approximate surface area is 105 Å². The van der Waals surface area contributed by atoms with E-state index >= 15 is 0 Å². The molecule has 0 nitrogen and oxygen atoms in total. The van der Waals surface area contributed by atoms with Crippen LogP contribution in [-0.4, -0.2) is 0 Å². The lowest BCUT2D eigenvalue weighted by Gasteiger charge is -2.17. The Bertz CT molecular complexity index is 444.